The number of hydrogen-bond acceptors (Lipinski definition) is 4. The van der Waals surface area contributed by atoms with Gasteiger partial charge in [0.05, 0.1) is 17.2 Å². The van der Waals surface area contributed by atoms with Crippen molar-refractivity contribution < 1.29 is 9.72 Å². The van der Waals surface area contributed by atoms with E-state index in [-0.39, 0.29) is 23.2 Å². The van der Waals surface area contributed by atoms with Crippen molar-refractivity contribution in [3.8, 4) is 0 Å². The minimum atomic E-state index is -0.511. The Bertz CT molecular complexity index is 637. The number of aromatic amines is 1. The van der Waals surface area contributed by atoms with Gasteiger partial charge in [0.15, 0.2) is 0 Å². The highest BCUT2D eigenvalue weighted by Gasteiger charge is 2.16. The van der Waals surface area contributed by atoms with Crippen molar-refractivity contribution >= 4 is 11.6 Å². The first-order valence-electron chi connectivity index (χ1n) is 6.03. The SMILES string of the molecule is Cc1cc(C(=O)NC(C)c2cn[nH]c2)cc([N+](=O)[O-])c1. The van der Waals surface area contributed by atoms with E-state index in [9.17, 15) is 14.9 Å². The fourth-order valence-corrected chi connectivity index (χ4v) is 1.86. The van der Waals surface area contributed by atoms with Crippen LogP contribution in [0.3, 0.4) is 0 Å². The molecule has 0 spiro atoms. The molecule has 1 atom stereocenters. The van der Waals surface area contributed by atoms with Crippen LogP contribution in [0.1, 0.15) is 34.5 Å². The number of carbonyl (C=O) groups is 1. The summed E-state index contributed by atoms with van der Waals surface area (Å²) in [6.45, 7) is 3.52. The smallest absolute Gasteiger partial charge is 0.270 e. The van der Waals surface area contributed by atoms with Crippen LogP contribution in [0.4, 0.5) is 5.69 Å². The van der Waals surface area contributed by atoms with Gasteiger partial charge in [-0.15, -0.1) is 0 Å². The number of hydrogen-bond donors (Lipinski definition) is 2. The lowest BCUT2D eigenvalue weighted by Gasteiger charge is -2.12. The number of amides is 1. The zero-order valence-corrected chi connectivity index (χ0v) is 11.1. The lowest BCUT2D eigenvalue weighted by atomic mass is 10.1. The van der Waals surface area contributed by atoms with Gasteiger partial charge in [-0.1, -0.05) is 0 Å². The topological polar surface area (TPSA) is 101 Å². The van der Waals surface area contributed by atoms with Crippen LogP contribution in [-0.2, 0) is 0 Å². The third-order valence-corrected chi connectivity index (χ3v) is 2.90. The Morgan fingerprint density at radius 2 is 2.20 bits per heavy atom. The Labute approximate surface area is 115 Å². The van der Waals surface area contributed by atoms with Crippen LogP contribution in [0.25, 0.3) is 0 Å². The van der Waals surface area contributed by atoms with E-state index in [0.717, 1.165) is 5.56 Å². The molecule has 0 fully saturated rings. The molecule has 7 nitrogen and oxygen atoms in total. The van der Waals surface area contributed by atoms with Crippen LogP contribution >= 0.6 is 0 Å². The van der Waals surface area contributed by atoms with Crippen LogP contribution in [0.5, 0.6) is 0 Å². The van der Waals surface area contributed by atoms with E-state index < -0.39 is 4.92 Å². The number of aryl methyl sites for hydroxylation is 1. The molecule has 0 bridgehead atoms. The number of H-pyrrole nitrogens is 1. The van der Waals surface area contributed by atoms with E-state index in [4.69, 9.17) is 0 Å². The molecule has 0 saturated carbocycles. The summed E-state index contributed by atoms with van der Waals surface area (Å²) in [5.41, 5.74) is 1.68. The second-order valence-electron chi connectivity index (χ2n) is 4.54. The molecule has 0 aliphatic rings. The molecular formula is C13H14N4O3. The molecule has 2 aromatic rings. The van der Waals surface area contributed by atoms with Crippen LogP contribution < -0.4 is 5.32 Å². The van der Waals surface area contributed by atoms with Crippen LogP contribution in [-0.4, -0.2) is 21.0 Å². The number of nitrogens with one attached hydrogen (secondary N) is 2. The van der Waals surface area contributed by atoms with Gasteiger partial charge in [-0.2, -0.15) is 5.10 Å². The summed E-state index contributed by atoms with van der Waals surface area (Å²) in [5, 5.41) is 20.0. The Balaban J connectivity index is 2.19. The lowest BCUT2D eigenvalue weighted by Crippen LogP contribution is -2.26. The Kier molecular flexibility index (Phi) is 3.79. The van der Waals surface area contributed by atoms with Crippen molar-refractivity contribution in [2.24, 2.45) is 0 Å². The van der Waals surface area contributed by atoms with Gasteiger partial charge >= 0.3 is 0 Å². The quantitative estimate of drug-likeness (QED) is 0.658. The minimum Gasteiger partial charge on any atom is -0.345 e. The molecule has 2 N–H and O–H groups in total. The number of non-ortho nitro benzene ring substituents is 1. The second-order valence-corrected chi connectivity index (χ2v) is 4.54. The molecule has 2 rings (SSSR count). The number of nitro benzene ring substituents is 1. The molecule has 0 aliphatic carbocycles. The van der Waals surface area contributed by atoms with Gasteiger partial charge in [0, 0.05) is 29.5 Å². The standard InChI is InChI=1S/C13H14N4O3/c1-8-3-10(5-12(4-8)17(19)20)13(18)16-9(2)11-6-14-15-7-11/h3-7,9H,1-2H3,(H,14,15)(H,16,18). The van der Waals surface area contributed by atoms with Crippen LogP contribution in [0.15, 0.2) is 30.6 Å². The average Bonchev–Trinajstić information content (AvgIpc) is 2.91. The summed E-state index contributed by atoms with van der Waals surface area (Å²) in [5.74, 6) is -0.356. The Morgan fingerprint density at radius 3 is 2.80 bits per heavy atom. The zero-order chi connectivity index (χ0) is 14.7. The zero-order valence-electron chi connectivity index (χ0n) is 11.1. The summed E-state index contributed by atoms with van der Waals surface area (Å²) in [7, 11) is 0. The van der Waals surface area contributed by atoms with Gasteiger partial charge in [0.1, 0.15) is 0 Å². The molecule has 1 heterocycles. The maximum atomic E-state index is 12.1. The predicted molar refractivity (Wildman–Crippen MR) is 72.3 cm³/mol. The summed E-state index contributed by atoms with van der Waals surface area (Å²) in [6.07, 6.45) is 3.30. The lowest BCUT2D eigenvalue weighted by molar-refractivity contribution is -0.384. The fraction of sp³-hybridized carbons (Fsp3) is 0.231. The number of nitrogens with zero attached hydrogens (tertiary/aromatic N) is 2. The van der Waals surface area contributed by atoms with Gasteiger partial charge < -0.3 is 5.32 Å². The Hall–Kier alpha value is -2.70. The summed E-state index contributed by atoms with van der Waals surface area (Å²) >= 11 is 0. The van der Waals surface area contributed by atoms with E-state index in [0.29, 0.717) is 5.56 Å². The average molecular weight is 274 g/mol. The minimum absolute atomic E-state index is 0.0916. The van der Waals surface area contributed by atoms with Crippen LogP contribution in [0.2, 0.25) is 0 Å². The maximum Gasteiger partial charge on any atom is 0.270 e. The number of aromatic nitrogens is 2. The molecule has 0 aliphatic heterocycles. The highest BCUT2D eigenvalue weighted by molar-refractivity contribution is 5.95. The molecule has 20 heavy (non-hydrogen) atoms. The number of nitro groups is 1. The molecule has 1 aromatic heterocycles. The Morgan fingerprint density at radius 1 is 1.45 bits per heavy atom. The van der Waals surface area contributed by atoms with E-state index in [1.165, 1.54) is 12.1 Å². The first-order chi connectivity index (χ1) is 9.47. The summed E-state index contributed by atoms with van der Waals surface area (Å²) in [6, 6.07) is 4.08. The van der Waals surface area contributed by atoms with E-state index >= 15 is 0 Å². The van der Waals surface area contributed by atoms with Crippen molar-refractivity contribution in [2.45, 2.75) is 19.9 Å². The van der Waals surface area contributed by atoms with Gasteiger partial charge in [-0.25, -0.2) is 0 Å². The molecule has 1 amide bonds. The number of carbonyl (C=O) groups excluding carboxylic acids is 1. The van der Waals surface area contributed by atoms with Crippen molar-refractivity contribution in [2.75, 3.05) is 0 Å². The van der Waals surface area contributed by atoms with E-state index in [1.807, 2.05) is 6.92 Å². The van der Waals surface area contributed by atoms with Gasteiger partial charge in [-0.05, 0) is 25.5 Å². The highest BCUT2D eigenvalue weighted by Crippen LogP contribution is 2.18. The third kappa shape index (κ3) is 3.00. The molecule has 0 saturated heterocycles. The third-order valence-electron chi connectivity index (χ3n) is 2.90. The van der Waals surface area contributed by atoms with Gasteiger partial charge in [0.25, 0.3) is 11.6 Å². The number of benzene rings is 1. The van der Waals surface area contributed by atoms with Gasteiger partial charge in [0.2, 0.25) is 0 Å². The first-order valence-corrected chi connectivity index (χ1v) is 6.03. The van der Waals surface area contributed by atoms with Crippen molar-refractivity contribution in [3.05, 3.63) is 57.4 Å². The molecule has 1 unspecified atom stereocenters. The highest BCUT2D eigenvalue weighted by atomic mass is 16.6. The predicted octanol–water partition coefficient (Wildman–Crippen LogP) is 2.12. The van der Waals surface area contributed by atoms with Gasteiger partial charge in [-0.3, -0.25) is 20.0 Å². The van der Waals surface area contributed by atoms with E-state index in [2.05, 4.69) is 15.5 Å². The molecule has 0 radical (unpaired) electrons. The molecular weight excluding hydrogens is 260 g/mol. The monoisotopic (exact) mass is 274 g/mol. The molecule has 1 aromatic carbocycles. The van der Waals surface area contributed by atoms with Crippen molar-refractivity contribution in [1.29, 1.82) is 0 Å². The number of rotatable bonds is 4. The summed E-state index contributed by atoms with van der Waals surface area (Å²) < 4.78 is 0. The van der Waals surface area contributed by atoms with Crippen molar-refractivity contribution in [3.63, 3.8) is 0 Å². The van der Waals surface area contributed by atoms with E-state index in [1.54, 1.807) is 25.4 Å². The largest absolute Gasteiger partial charge is 0.345 e. The fourth-order valence-electron chi connectivity index (χ4n) is 1.86. The second kappa shape index (κ2) is 5.52. The summed E-state index contributed by atoms with van der Waals surface area (Å²) in [4.78, 5) is 22.4. The molecule has 104 valence electrons. The first kappa shape index (κ1) is 13.7. The normalized spacial score (nSPS) is 11.9. The maximum absolute atomic E-state index is 12.1. The van der Waals surface area contributed by atoms with Crippen LogP contribution in [0, 0.1) is 17.0 Å². The van der Waals surface area contributed by atoms with Crippen molar-refractivity contribution in [1.82, 2.24) is 15.5 Å². The molecule has 7 heteroatoms.